The standard InChI is InChI=1S/C21H29N3O4S2/c1-4-6-13-10-16(25)24-21(22-13)29-11-17(26)23-19-18(20(27)28-5-2)14-8-7-12(3)9-15(14)30-19/h10,12,14-15H,4-9,11H2,1-3H3,(H,23,26)(H,22,24,25). The summed E-state index contributed by atoms with van der Waals surface area (Å²) in [6, 6.07) is 1.49. The second-order valence-corrected chi connectivity index (χ2v) is 9.99. The van der Waals surface area contributed by atoms with Crippen LogP contribution in [0.15, 0.2) is 26.6 Å². The summed E-state index contributed by atoms with van der Waals surface area (Å²) in [5.74, 6) is 0.306. The fourth-order valence-corrected chi connectivity index (χ4v) is 6.35. The number of aromatic nitrogens is 2. The van der Waals surface area contributed by atoms with Gasteiger partial charge >= 0.3 is 5.97 Å². The highest BCUT2D eigenvalue weighted by molar-refractivity contribution is 8.04. The average molecular weight is 452 g/mol. The van der Waals surface area contributed by atoms with Crippen molar-refractivity contribution in [2.45, 2.75) is 63.3 Å². The Hall–Kier alpha value is -1.74. The SMILES string of the molecule is CCCc1cc(=O)[nH]c(SCC(=O)NC2=C(C(=O)OCC)C3CCC(C)CC3S2)n1. The number of hydrogen-bond acceptors (Lipinski definition) is 7. The first-order valence-electron chi connectivity index (χ1n) is 10.5. The number of nitrogens with zero attached hydrogens (tertiary/aromatic N) is 1. The molecule has 2 heterocycles. The second kappa shape index (κ2) is 10.5. The summed E-state index contributed by atoms with van der Waals surface area (Å²) in [6.45, 7) is 6.35. The van der Waals surface area contributed by atoms with Gasteiger partial charge in [0.1, 0.15) is 0 Å². The number of aryl methyl sites for hydroxylation is 1. The third-order valence-electron chi connectivity index (χ3n) is 5.31. The molecule has 3 unspecified atom stereocenters. The highest BCUT2D eigenvalue weighted by Gasteiger charge is 2.43. The van der Waals surface area contributed by atoms with Gasteiger partial charge in [0.25, 0.3) is 5.56 Å². The predicted octanol–water partition coefficient (Wildman–Crippen LogP) is 3.26. The lowest BCUT2D eigenvalue weighted by molar-refractivity contribution is -0.139. The third-order valence-corrected chi connectivity index (χ3v) is 7.56. The quantitative estimate of drug-likeness (QED) is 0.355. The van der Waals surface area contributed by atoms with Crippen LogP contribution in [0.25, 0.3) is 0 Å². The fourth-order valence-electron chi connectivity index (χ4n) is 3.95. The molecule has 0 radical (unpaired) electrons. The van der Waals surface area contributed by atoms with Gasteiger partial charge in [-0.15, -0.1) is 11.8 Å². The molecule has 7 nitrogen and oxygen atoms in total. The van der Waals surface area contributed by atoms with E-state index < -0.39 is 0 Å². The van der Waals surface area contributed by atoms with E-state index in [0.29, 0.717) is 33.5 Å². The normalized spacial score (nSPS) is 23.2. The highest BCUT2D eigenvalue weighted by Crippen LogP contribution is 2.49. The number of rotatable bonds is 8. The van der Waals surface area contributed by atoms with Gasteiger partial charge in [0.15, 0.2) is 5.16 Å². The summed E-state index contributed by atoms with van der Waals surface area (Å²) < 4.78 is 5.28. The molecule has 2 aliphatic rings. The van der Waals surface area contributed by atoms with Crippen molar-refractivity contribution in [1.82, 2.24) is 15.3 Å². The Morgan fingerprint density at radius 1 is 1.37 bits per heavy atom. The molecule has 1 aromatic heterocycles. The van der Waals surface area contributed by atoms with Gasteiger partial charge in [-0.05, 0) is 32.1 Å². The van der Waals surface area contributed by atoms with Crippen molar-refractivity contribution >= 4 is 35.4 Å². The molecule has 0 saturated heterocycles. The number of nitrogens with one attached hydrogen (secondary N) is 2. The molecule has 1 aliphatic carbocycles. The van der Waals surface area contributed by atoms with Crippen molar-refractivity contribution in [3.63, 3.8) is 0 Å². The van der Waals surface area contributed by atoms with Crippen LogP contribution in [0.3, 0.4) is 0 Å². The molecule has 3 atom stereocenters. The number of aromatic amines is 1. The van der Waals surface area contributed by atoms with Gasteiger partial charge in [0.05, 0.1) is 23.0 Å². The molecule has 0 spiro atoms. The first-order valence-corrected chi connectivity index (χ1v) is 12.4. The molecule has 9 heteroatoms. The van der Waals surface area contributed by atoms with Gasteiger partial charge in [-0.3, -0.25) is 9.59 Å². The predicted molar refractivity (Wildman–Crippen MR) is 119 cm³/mol. The molecule has 1 amide bonds. The van der Waals surface area contributed by atoms with Crippen LogP contribution in [0.2, 0.25) is 0 Å². The number of ether oxygens (including phenoxy) is 1. The van der Waals surface area contributed by atoms with Crippen molar-refractivity contribution < 1.29 is 14.3 Å². The van der Waals surface area contributed by atoms with E-state index in [2.05, 4.69) is 22.2 Å². The lowest BCUT2D eigenvalue weighted by Crippen LogP contribution is -2.28. The molecule has 3 rings (SSSR count). The van der Waals surface area contributed by atoms with Gasteiger partial charge < -0.3 is 15.0 Å². The molecule has 2 N–H and O–H groups in total. The Kier molecular flexibility index (Phi) is 8.05. The molecule has 0 aromatic carbocycles. The second-order valence-electron chi connectivity index (χ2n) is 7.77. The summed E-state index contributed by atoms with van der Waals surface area (Å²) in [5.41, 5.74) is 1.13. The van der Waals surface area contributed by atoms with E-state index in [9.17, 15) is 14.4 Å². The van der Waals surface area contributed by atoms with Crippen LogP contribution in [0.1, 0.15) is 52.1 Å². The molecule has 1 fully saturated rings. The largest absolute Gasteiger partial charge is 0.463 e. The summed E-state index contributed by atoms with van der Waals surface area (Å²) >= 11 is 2.77. The number of H-pyrrole nitrogens is 1. The van der Waals surface area contributed by atoms with Crippen molar-refractivity contribution in [1.29, 1.82) is 0 Å². The Balaban J connectivity index is 1.68. The maximum Gasteiger partial charge on any atom is 0.336 e. The van der Waals surface area contributed by atoms with Crippen molar-refractivity contribution in [2.24, 2.45) is 11.8 Å². The van der Waals surface area contributed by atoms with Crippen LogP contribution < -0.4 is 10.9 Å². The van der Waals surface area contributed by atoms with E-state index >= 15 is 0 Å². The molecule has 30 heavy (non-hydrogen) atoms. The first-order chi connectivity index (χ1) is 14.4. The molecule has 1 saturated carbocycles. The fraction of sp³-hybridized carbons (Fsp3) is 0.619. The zero-order valence-electron chi connectivity index (χ0n) is 17.7. The minimum atomic E-state index is -0.326. The third kappa shape index (κ3) is 5.69. The molecule has 164 valence electrons. The monoisotopic (exact) mass is 451 g/mol. The number of esters is 1. The number of carbonyl (C=O) groups is 2. The van der Waals surface area contributed by atoms with Crippen molar-refractivity contribution in [3.05, 3.63) is 32.7 Å². The number of hydrogen-bond donors (Lipinski definition) is 2. The molecule has 1 aliphatic heterocycles. The first kappa shape index (κ1) is 22.9. The van der Waals surface area contributed by atoms with Crippen LogP contribution in [0, 0.1) is 11.8 Å². The van der Waals surface area contributed by atoms with Crippen molar-refractivity contribution in [2.75, 3.05) is 12.4 Å². The molecule has 1 aromatic rings. The summed E-state index contributed by atoms with van der Waals surface area (Å²) in [6.07, 6.45) is 4.66. The Morgan fingerprint density at radius 2 is 2.17 bits per heavy atom. The maximum absolute atomic E-state index is 12.6. The lowest BCUT2D eigenvalue weighted by atomic mass is 9.79. The summed E-state index contributed by atoms with van der Waals surface area (Å²) in [5, 5.41) is 4.29. The minimum Gasteiger partial charge on any atom is -0.463 e. The zero-order chi connectivity index (χ0) is 21.7. The Labute approximate surface area is 185 Å². The van der Waals surface area contributed by atoms with Gasteiger partial charge in [-0.1, -0.05) is 38.5 Å². The molecule has 0 bridgehead atoms. The van der Waals surface area contributed by atoms with E-state index in [0.717, 1.165) is 37.8 Å². The highest BCUT2D eigenvalue weighted by atomic mass is 32.2. The van der Waals surface area contributed by atoms with Crippen LogP contribution in [-0.4, -0.2) is 39.5 Å². The molecular weight excluding hydrogens is 422 g/mol. The van der Waals surface area contributed by atoms with Gasteiger partial charge in [0, 0.05) is 22.9 Å². The van der Waals surface area contributed by atoms with Gasteiger partial charge in [-0.2, -0.15) is 0 Å². The maximum atomic E-state index is 12.6. The number of carbonyl (C=O) groups excluding carboxylic acids is 2. The number of thioether (sulfide) groups is 2. The van der Waals surface area contributed by atoms with Crippen LogP contribution >= 0.6 is 23.5 Å². The van der Waals surface area contributed by atoms with E-state index in [-0.39, 0.29) is 29.1 Å². The van der Waals surface area contributed by atoms with E-state index in [1.54, 1.807) is 18.7 Å². The van der Waals surface area contributed by atoms with E-state index in [4.69, 9.17) is 4.74 Å². The van der Waals surface area contributed by atoms with Crippen molar-refractivity contribution in [3.8, 4) is 0 Å². The minimum absolute atomic E-state index is 0.102. The Bertz CT molecular complexity index is 883. The number of amides is 1. The lowest BCUT2D eigenvalue weighted by Gasteiger charge is -2.29. The summed E-state index contributed by atoms with van der Waals surface area (Å²) in [4.78, 5) is 44.1. The van der Waals surface area contributed by atoms with Gasteiger partial charge in [0.2, 0.25) is 5.91 Å². The topological polar surface area (TPSA) is 101 Å². The van der Waals surface area contributed by atoms with Crippen LogP contribution in [0.4, 0.5) is 0 Å². The average Bonchev–Trinajstić information content (AvgIpc) is 3.03. The Morgan fingerprint density at radius 3 is 2.90 bits per heavy atom. The van der Waals surface area contributed by atoms with Crippen LogP contribution in [-0.2, 0) is 20.7 Å². The zero-order valence-corrected chi connectivity index (χ0v) is 19.3. The van der Waals surface area contributed by atoms with E-state index in [1.807, 2.05) is 6.92 Å². The summed E-state index contributed by atoms with van der Waals surface area (Å²) in [7, 11) is 0. The number of fused-ring (bicyclic) bond motifs is 1. The van der Waals surface area contributed by atoms with Gasteiger partial charge in [-0.25, -0.2) is 9.78 Å². The smallest absolute Gasteiger partial charge is 0.336 e. The van der Waals surface area contributed by atoms with Crippen LogP contribution in [0.5, 0.6) is 0 Å². The van der Waals surface area contributed by atoms with E-state index in [1.165, 1.54) is 17.8 Å². The molecular formula is C21H29N3O4S2.